The fourth-order valence-electron chi connectivity index (χ4n) is 2.47. The SMILES string of the molecule is CCCCn1cc[n+](CCCNC(=O)C(C)(COC)COC(C)=O)c1. The normalized spacial score (nSPS) is 13.3. The number of aromatic nitrogens is 2. The summed E-state index contributed by atoms with van der Waals surface area (Å²) in [5, 5.41) is 2.91. The molecule has 7 heteroatoms. The van der Waals surface area contributed by atoms with E-state index in [1.165, 1.54) is 26.9 Å². The Morgan fingerprint density at radius 1 is 1.28 bits per heavy atom. The summed E-state index contributed by atoms with van der Waals surface area (Å²) < 4.78 is 14.4. The third-order valence-electron chi connectivity index (χ3n) is 4.00. The number of carbonyl (C=O) groups is 2. The van der Waals surface area contributed by atoms with Gasteiger partial charge in [-0.3, -0.25) is 9.59 Å². The third-order valence-corrected chi connectivity index (χ3v) is 4.00. The van der Waals surface area contributed by atoms with Gasteiger partial charge in [0.1, 0.15) is 24.4 Å². The second kappa shape index (κ2) is 10.9. The number of hydrogen-bond donors (Lipinski definition) is 1. The quantitative estimate of drug-likeness (QED) is 0.349. The van der Waals surface area contributed by atoms with Crippen LogP contribution in [-0.2, 0) is 32.2 Å². The average molecular weight is 354 g/mol. The molecular formula is C18H32N3O4+. The van der Waals surface area contributed by atoms with Crippen molar-refractivity contribution in [3.05, 3.63) is 18.7 Å². The van der Waals surface area contributed by atoms with E-state index in [0.717, 1.165) is 19.5 Å². The van der Waals surface area contributed by atoms with Gasteiger partial charge in [0.2, 0.25) is 12.2 Å². The van der Waals surface area contributed by atoms with Crippen molar-refractivity contribution in [2.45, 2.75) is 53.1 Å². The third kappa shape index (κ3) is 7.69. The van der Waals surface area contributed by atoms with Gasteiger partial charge in [-0.1, -0.05) is 13.3 Å². The Labute approximate surface area is 150 Å². The predicted molar refractivity (Wildman–Crippen MR) is 93.8 cm³/mol. The van der Waals surface area contributed by atoms with Crippen molar-refractivity contribution in [1.29, 1.82) is 0 Å². The summed E-state index contributed by atoms with van der Waals surface area (Å²) in [6, 6.07) is 0. The summed E-state index contributed by atoms with van der Waals surface area (Å²) in [5.41, 5.74) is -0.878. The molecule has 0 saturated heterocycles. The van der Waals surface area contributed by atoms with E-state index < -0.39 is 11.4 Å². The molecule has 0 aromatic carbocycles. The first-order valence-electron chi connectivity index (χ1n) is 8.86. The Morgan fingerprint density at radius 3 is 2.68 bits per heavy atom. The van der Waals surface area contributed by atoms with Crippen LogP contribution in [0.2, 0.25) is 0 Å². The number of ether oxygens (including phenoxy) is 2. The largest absolute Gasteiger partial charge is 0.465 e. The monoisotopic (exact) mass is 354 g/mol. The van der Waals surface area contributed by atoms with Crippen LogP contribution in [0.4, 0.5) is 0 Å². The van der Waals surface area contributed by atoms with E-state index in [0.29, 0.717) is 6.54 Å². The van der Waals surface area contributed by atoms with E-state index in [4.69, 9.17) is 9.47 Å². The molecule has 142 valence electrons. The van der Waals surface area contributed by atoms with Crippen LogP contribution in [0.1, 0.15) is 40.0 Å². The molecule has 0 aliphatic heterocycles. The summed E-state index contributed by atoms with van der Waals surface area (Å²) >= 11 is 0. The number of aryl methyl sites for hydroxylation is 2. The second-order valence-electron chi connectivity index (χ2n) is 6.63. The van der Waals surface area contributed by atoms with Gasteiger partial charge < -0.3 is 14.8 Å². The lowest BCUT2D eigenvalue weighted by molar-refractivity contribution is -0.696. The molecule has 7 nitrogen and oxygen atoms in total. The van der Waals surface area contributed by atoms with Gasteiger partial charge in [0.25, 0.3) is 0 Å². The molecule has 1 atom stereocenters. The Bertz CT molecular complexity index is 544. The lowest BCUT2D eigenvalue weighted by Gasteiger charge is -2.26. The van der Waals surface area contributed by atoms with Crippen LogP contribution >= 0.6 is 0 Å². The fourth-order valence-corrected chi connectivity index (χ4v) is 2.47. The van der Waals surface area contributed by atoms with Crippen LogP contribution in [0.25, 0.3) is 0 Å². The second-order valence-corrected chi connectivity index (χ2v) is 6.63. The molecule has 1 heterocycles. The number of rotatable bonds is 12. The average Bonchev–Trinajstić information content (AvgIpc) is 3.03. The first-order valence-corrected chi connectivity index (χ1v) is 8.86. The van der Waals surface area contributed by atoms with Crippen molar-refractivity contribution < 1.29 is 23.6 Å². The van der Waals surface area contributed by atoms with Gasteiger partial charge in [0, 0.05) is 27.0 Å². The molecule has 0 aliphatic carbocycles. The van der Waals surface area contributed by atoms with E-state index in [1.54, 1.807) is 6.92 Å². The lowest BCUT2D eigenvalue weighted by Crippen LogP contribution is -2.46. The standard InChI is InChI=1S/C18H31N3O4/c1-5-6-9-20-11-12-21(15-20)10-7-8-19-17(23)18(3,13-24-4)14-25-16(2)22/h11-12,15H,5-10,13-14H2,1-4H3/p+1. The summed E-state index contributed by atoms with van der Waals surface area (Å²) in [6.45, 7) is 7.88. The van der Waals surface area contributed by atoms with Crippen molar-refractivity contribution in [2.24, 2.45) is 5.41 Å². The Hall–Kier alpha value is -1.89. The number of imidazole rings is 1. The van der Waals surface area contributed by atoms with Crippen molar-refractivity contribution in [1.82, 2.24) is 9.88 Å². The topological polar surface area (TPSA) is 73.4 Å². The molecular weight excluding hydrogens is 322 g/mol. The minimum absolute atomic E-state index is 0.0109. The molecule has 0 saturated carbocycles. The first kappa shape index (κ1) is 21.2. The van der Waals surface area contributed by atoms with Gasteiger partial charge in [-0.2, -0.15) is 0 Å². The minimum Gasteiger partial charge on any atom is -0.465 e. The molecule has 0 radical (unpaired) electrons. The summed E-state index contributed by atoms with van der Waals surface area (Å²) in [6.07, 6.45) is 9.39. The van der Waals surface area contributed by atoms with Crippen molar-refractivity contribution >= 4 is 11.9 Å². The summed E-state index contributed by atoms with van der Waals surface area (Å²) in [7, 11) is 1.53. The van der Waals surface area contributed by atoms with Gasteiger partial charge in [0.15, 0.2) is 0 Å². The van der Waals surface area contributed by atoms with E-state index in [9.17, 15) is 9.59 Å². The van der Waals surface area contributed by atoms with Crippen LogP contribution < -0.4 is 9.88 Å². The number of hydrogen-bond acceptors (Lipinski definition) is 4. The minimum atomic E-state index is -0.878. The maximum absolute atomic E-state index is 12.4. The van der Waals surface area contributed by atoms with Crippen LogP contribution in [0.5, 0.6) is 0 Å². The number of esters is 1. The smallest absolute Gasteiger partial charge is 0.302 e. The predicted octanol–water partition coefficient (Wildman–Crippen LogP) is 1.30. The maximum atomic E-state index is 12.4. The molecule has 0 spiro atoms. The number of carbonyl (C=O) groups excluding carboxylic acids is 2. The summed E-state index contributed by atoms with van der Waals surface area (Å²) in [5.74, 6) is -0.569. The Morgan fingerprint density at radius 2 is 2.04 bits per heavy atom. The Balaban J connectivity index is 2.38. The molecule has 0 fully saturated rings. The molecule has 0 bridgehead atoms. The number of nitrogens with zero attached hydrogens (tertiary/aromatic N) is 2. The highest BCUT2D eigenvalue weighted by Crippen LogP contribution is 2.17. The van der Waals surface area contributed by atoms with E-state index >= 15 is 0 Å². The molecule has 1 aromatic heterocycles. The van der Waals surface area contributed by atoms with Crippen molar-refractivity contribution in [3.8, 4) is 0 Å². The Kier molecular flexibility index (Phi) is 9.20. The highest BCUT2D eigenvalue weighted by molar-refractivity contribution is 5.82. The van der Waals surface area contributed by atoms with Gasteiger partial charge in [-0.25, -0.2) is 9.13 Å². The van der Waals surface area contributed by atoms with Crippen molar-refractivity contribution in [2.75, 3.05) is 26.9 Å². The highest BCUT2D eigenvalue weighted by atomic mass is 16.5. The molecule has 25 heavy (non-hydrogen) atoms. The zero-order valence-electron chi connectivity index (χ0n) is 15.9. The fraction of sp³-hybridized carbons (Fsp3) is 0.722. The zero-order valence-corrected chi connectivity index (χ0v) is 15.9. The van der Waals surface area contributed by atoms with Crippen LogP contribution in [0, 0.1) is 5.41 Å². The van der Waals surface area contributed by atoms with E-state index in [2.05, 4.69) is 33.9 Å². The lowest BCUT2D eigenvalue weighted by atomic mass is 9.91. The van der Waals surface area contributed by atoms with Crippen LogP contribution in [0.3, 0.4) is 0 Å². The molecule has 1 unspecified atom stereocenters. The first-order chi connectivity index (χ1) is 11.9. The molecule has 1 amide bonds. The number of methoxy groups -OCH3 is 1. The molecule has 0 aliphatic rings. The molecule has 1 N–H and O–H groups in total. The van der Waals surface area contributed by atoms with Crippen LogP contribution in [0.15, 0.2) is 18.7 Å². The maximum Gasteiger partial charge on any atom is 0.302 e. The zero-order chi connectivity index (χ0) is 18.7. The highest BCUT2D eigenvalue weighted by Gasteiger charge is 2.34. The number of unbranched alkanes of at least 4 members (excludes halogenated alkanes) is 1. The van der Waals surface area contributed by atoms with Crippen LogP contribution in [-0.4, -0.2) is 43.3 Å². The summed E-state index contributed by atoms with van der Waals surface area (Å²) in [4.78, 5) is 23.4. The van der Waals surface area contributed by atoms with Gasteiger partial charge >= 0.3 is 5.97 Å². The van der Waals surface area contributed by atoms with E-state index in [-0.39, 0.29) is 19.1 Å². The van der Waals surface area contributed by atoms with Gasteiger partial charge in [-0.15, -0.1) is 0 Å². The number of nitrogens with one attached hydrogen (secondary N) is 1. The molecule has 1 rings (SSSR count). The van der Waals surface area contributed by atoms with Gasteiger partial charge in [0.05, 0.1) is 19.7 Å². The van der Waals surface area contributed by atoms with Crippen molar-refractivity contribution in [3.63, 3.8) is 0 Å². The van der Waals surface area contributed by atoms with E-state index in [1.807, 2.05) is 6.20 Å². The number of amides is 1. The molecule has 1 aromatic rings. The van der Waals surface area contributed by atoms with Gasteiger partial charge in [-0.05, 0) is 13.3 Å².